The lowest BCUT2D eigenvalue weighted by Crippen LogP contribution is -2.38. The summed E-state index contributed by atoms with van der Waals surface area (Å²) in [5, 5.41) is 0. The van der Waals surface area contributed by atoms with Gasteiger partial charge in [-0.15, -0.1) is 11.6 Å². The van der Waals surface area contributed by atoms with Crippen molar-refractivity contribution in [1.82, 2.24) is 4.90 Å². The normalized spacial score (nSPS) is 10.1. The molecule has 14 heavy (non-hydrogen) atoms. The summed E-state index contributed by atoms with van der Waals surface area (Å²) in [7, 11) is 1.32. The molecule has 4 nitrogen and oxygen atoms in total. The number of alkyl halides is 1. The van der Waals surface area contributed by atoms with Crippen molar-refractivity contribution in [1.29, 1.82) is 0 Å². The maximum Gasteiger partial charge on any atom is 0.409 e. The molecule has 0 fully saturated rings. The lowest BCUT2D eigenvalue weighted by molar-refractivity contribution is -0.117. The molecule has 0 rings (SSSR count). The predicted octanol–water partition coefficient (Wildman–Crippen LogP) is 1.66. The number of halogens is 1. The van der Waals surface area contributed by atoms with Crippen LogP contribution in [0.3, 0.4) is 0 Å². The van der Waals surface area contributed by atoms with Crippen molar-refractivity contribution in [3.05, 3.63) is 0 Å². The first-order valence-electron chi connectivity index (χ1n) is 4.45. The summed E-state index contributed by atoms with van der Waals surface area (Å²) in [4.78, 5) is 23.6. The third kappa shape index (κ3) is 4.46. The SMILES string of the molecule is COC(=O)N(CCC(=O)CCl)C(C)C. The highest BCUT2D eigenvalue weighted by Crippen LogP contribution is 2.03. The summed E-state index contributed by atoms with van der Waals surface area (Å²) in [5.74, 6) is -0.0752. The Bertz CT molecular complexity index is 206. The van der Waals surface area contributed by atoms with Crippen molar-refractivity contribution in [2.24, 2.45) is 0 Å². The molecule has 0 saturated heterocycles. The summed E-state index contributed by atoms with van der Waals surface area (Å²) in [5.41, 5.74) is 0. The Morgan fingerprint density at radius 1 is 1.43 bits per heavy atom. The van der Waals surface area contributed by atoms with Crippen LogP contribution in [0.2, 0.25) is 0 Å². The Kier molecular flexibility index (Phi) is 6.28. The van der Waals surface area contributed by atoms with Gasteiger partial charge in [-0.2, -0.15) is 0 Å². The summed E-state index contributed by atoms with van der Waals surface area (Å²) < 4.78 is 4.58. The fraction of sp³-hybridized carbons (Fsp3) is 0.778. The van der Waals surface area contributed by atoms with Crippen molar-refractivity contribution in [3.8, 4) is 0 Å². The van der Waals surface area contributed by atoms with Crippen molar-refractivity contribution >= 4 is 23.5 Å². The van der Waals surface area contributed by atoms with E-state index in [0.29, 0.717) is 6.54 Å². The van der Waals surface area contributed by atoms with Gasteiger partial charge in [-0.3, -0.25) is 4.79 Å². The second-order valence-electron chi connectivity index (χ2n) is 3.18. The average molecular weight is 222 g/mol. The van der Waals surface area contributed by atoms with Crippen LogP contribution in [0.25, 0.3) is 0 Å². The minimum Gasteiger partial charge on any atom is -0.453 e. The zero-order valence-electron chi connectivity index (χ0n) is 8.75. The van der Waals surface area contributed by atoms with Gasteiger partial charge in [0.2, 0.25) is 0 Å². The van der Waals surface area contributed by atoms with E-state index in [1.54, 1.807) is 0 Å². The molecule has 0 aromatic heterocycles. The Labute approximate surface area is 89.2 Å². The molecule has 82 valence electrons. The van der Waals surface area contributed by atoms with E-state index in [9.17, 15) is 9.59 Å². The highest BCUT2D eigenvalue weighted by atomic mass is 35.5. The number of amides is 1. The fourth-order valence-electron chi connectivity index (χ4n) is 0.990. The van der Waals surface area contributed by atoms with E-state index in [0.717, 1.165) is 0 Å². The molecule has 0 radical (unpaired) electrons. The number of hydrogen-bond acceptors (Lipinski definition) is 3. The number of hydrogen-bond donors (Lipinski definition) is 0. The lowest BCUT2D eigenvalue weighted by atomic mass is 10.2. The molecular weight excluding hydrogens is 206 g/mol. The maximum atomic E-state index is 11.2. The topological polar surface area (TPSA) is 46.6 Å². The highest BCUT2D eigenvalue weighted by Gasteiger charge is 2.17. The first-order valence-corrected chi connectivity index (χ1v) is 4.98. The fourth-order valence-corrected chi connectivity index (χ4v) is 1.12. The molecule has 0 aliphatic carbocycles. The minimum atomic E-state index is -0.414. The Morgan fingerprint density at radius 2 is 2.00 bits per heavy atom. The van der Waals surface area contributed by atoms with Crippen LogP contribution in [0, 0.1) is 0 Å². The van der Waals surface area contributed by atoms with Gasteiger partial charge in [0.1, 0.15) is 5.78 Å². The van der Waals surface area contributed by atoms with Gasteiger partial charge in [-0.05, 0) is 13.8 Å². The number of carbonyl (C=O) groups is 2. The molecule has 0 aromatic rings. The van der Waals surface area contributed by atoms with E-state index in [4.69, 9.17) is 11.6 Å². The van der Waals surface area contributed by atoms with Crippen molar-refractivity contribution in [3.63, 3.8) is 0 Å². The van der Waals surface area contributed by atoms with Crippen LogP contribution in [0.15, 0.2) is 0 Å². The molecule has 0 spiro atoms. The van der Waals surface area contributed by atoms with Gasteiger partial charge in [0.05, 0.1) is 13.0 Å². The van der Waals surface area contributed by atoms with E-state index in [-0.39, 0.29) is 24.1 Å². The van der Waals surface area contributed by atoms with Crippen molar-refractivity contribution in [2.45, 2.75) is 26.3 Å². The first kappa shape index (κ1) is 13.2. The molecule has 0 N–H and O–H groups in total. The Balaban J connectivity index is 4.11. The Hall–Kier alpha value is -0.770. The summed E-state index contributed by atoms with van der Waals surface area (Å²) in [6, 6.07) is 0.0191. The number of methoxy groups -OCH3 is 1. The zero-order valence-corrected chi connectivity index (χ0v) is 9.50. The lowest BCUT2D eigenvalue weighted by Gasteiger charge is -2.24. The van der Waals surface area contributed by atoms with Crippen molar-refractivity contribution < 1.29 is 14.3 Å². The number of carbonyl (C=O) groups excluding carboxylic acids is 2. The number of rotatable bonds is 5. The average Bonchev–Trinajstić information content (AvgIpc) is 2.16. The summed E-state index contributed by atoms with van der Waals surface area (Å²) in [6.07, 6.45) is -0.140. The molecule has 0 heterocycles. The summed E-state index contributed by atoms with van der Waals surface area (Å²) in [6.45, 7) is 4.08. The van der Waals surface area contributed by atoms with Gasteiger partial charge >= 0.3 is 6.09 Å². The highest BCUT2D eigenvalue weighted by molar-refractivity contribution is 6.27. The molecule has 1 amide bonds. The quantitative estimate of drug-likeness (QED) is 0.664. The van der Waals surface area contributed by atoms with Crippen LogP contribution in [0.1, 0.15) is 20.3 Å². The molecule has 5 heteroatoms. The molecule has 0 bridgehead atoms. The number of nitrogens with zero attached hydrogens (tertiary/aromatic N) is 1. The molecule has 0 aliphatic heterocycles. The van der Waals surface area contributed by atoms with Gasteiger partial charge in [0.25, 0.3) is 0 Å². The second-order valence-corrected chi connectivity index (χ2v) is 3.45. The van der Waals surface area contributed by atoms with Crippen LogP contribution in [-0.4, -0.2) is 42.4 Å². The van der Waals surface area contributed by atoms with E-state index in [1.807, 2.05) is 13.8 Å². The molecule has 0 aromatic carbocycles. The third-order valence-corrected chi connectivity index (χ3v) is 2.11. The molecule has 0 aliphatic rings. The van der Waals surface area contributed by atoms with Gasteiger partial charge < -0.3 is 9.64 Å². The van der Waals surface area contributed by atoms with Gasteiger partial charge in [-0.25, -0.2) is 4.79 Å². The minimum absolute atomic E-state index is 0.00684. The smallest absolute Gasteiger partial charge is 0.409 e. The molecule has 0 atom stereocenters. The first-order chi connectivity index (χ1) is 6.52. The van der Waals surface area contributed by atoms with Crippen LogP contribution < -0.4 is 0 Å². The van der Waals surface area contributed by atoms with E-state index < -0.39 is 6.09 Å². The van der Waals surface area contributed by atoms with Crippen LogP contribution in [-0.2, 0) is 9.53 Å². The third-order valence-electron chi connectivity index (χ3n) is 1.81. The number of ketones is 1. The predicted molar refractivity (Wildman–Crippen MR) is 54.6 cm³/mol. The molecule has 0 saturated carbocycles. The van der Waals surface area contributed by atoms with E-state index in [2.05, 4.69) is 4.74 Å². The zero-order chi connectivity index (χ0) is 11.1. The van der Waals surface area contributed by atoms with Crippen LogP contribution in [0.5, 0.6) is 0 Å². The van der Waals surface area contributed by atoms with Gasteiger partial charge in [0, 0.05) is 19.0 Å². The monoisotopic (exact) mass is 221 g/mol. The van der Waals surface area contributed by atoms with E-state index in [1.165, 1.54) is 12.0 Å². The second kappa shape index (κ2) is 6.65. The van der Waals surface area contributed by atoms with E-state index >= 15 is 0 Å². The standard InChI is InChI=1S/C9H16ClNO3/c1-7(2)11(9(13)14-3)5-4-8(12)6-10/h7H,4-6H2,1-3H3. The number of Topliss-reactive ketones (excluding diaryl/α,β-unsaturated/α-hetero) is 1. The molecule has 0 unspecified atom stereocenters. The van der Waals surface area contributed by atoms with Crippen LogP contribution in [0.4, 0.5) is 4.79 Å². The van der Waals surface area contributed by atoms with Gasteiger partial charge in [-0.1, -0.05) is 0 Å². The van der Waals surface area contributed by atoms with Crippen LogP contribution >= 0.6 is 11.6 Å². The Morgan fingerprint density at radius 3 is 2.36 bits per heavy atom. The molecular formula is C9H16ClNO3. The van der Waals surface area contributed by atoms with Crippen molar-refractivity contribution in [2.75, 3.05) is 19.5 Å². The maximum absolute atomic E-state index is 11.2. The largest absolute Gasteiger partial charge is 0.453 e. The summed E-state index contributed by atoms with van der Waals surface area (Å²) >= 11 is 5.34. The number of ether oxygens (including phenoxy) is 1. The van der Waals surface area contributed by atoms with Gasteiger partial charge in [0.15, 0.2) is 0 Å².